The quantitative estimate of drug-likeness (QED) is 0.594. The van der Waals surface area contributed by atoms with Crippen molar-refractivity contribution in [1.82, 2.24) is 9.97 Å². The molecule has 1 aromatic heterocycles. The van der Waals surface area contributed by atoms with Crippen molar-refractivity contribution < 1.29 is 4.79 Å². The summed E-state index contributed by atoms with van der Waals surface area (Å²) in [6, 6.07) is 1.65. The Hall–Kier alpha value is -1.16. The molecule has 0 amide bonds. The molecule has 0 aliphatic rings. The van der Waals surface area contributed by atoms with Crippen LogP contribution in [0.4, 0.5) is 5.82 Å². The molecular weight excluding hydrogens is 214 g/mol. The number of carbonyl (C=O) groups excluding carboxylic acids is 1. The van der Waals surface area contributed by atoms with Crippen LogP contribution in [0, 0.1) is 5.41 Å². The van der Waals surface area contributed by atoms with Crippen LogP contribution in [0.3, 0.4) is 0 Å². The van der Waals surface area contributed by atoms with E-state index in [1.807, 2.05) is 20.8 Å². The first-order chi connectivity index (χ1) is 6.89. The number of aldehydes is 1. The van der Waals surface area contributed by atoms with Crippen LogP contribution in [0.25, 0.3) is 0 Å². The number of hydrogen-bond donors (Lipinski definition) is 1. The van der Waals surface area contributed by atoms with Crippen molar-refractivity contribution in [3.8, 4) is 0 Å². The first-order valence-electron chi connectivity index (χ1n) is 4.50. The summed E-state index contributed by atoms with van der Waals surface area (Å²) in [6.07, 6.45) is 2.35. The monoisotopic (exact) mass is 229 g/mol. The van der Waals surface area contributed by atoms with Gasteiger partial charge >= 0.3 is 0 Å². The first-order valence-corrected chi connectivity index (χ1v) is 4.88. The van der Waals surface area contributed by atoms with Crippen LogP contribution in [0.15, 0.2) is 12.4 Å². The zero-order valence-electron chi connectivity index (χ0n) is 9.41. The second kappa shape index (κ2) is 6.35. The smallest absolute Gasteiger partial charge is 0.134 e. The molecule has 0 fully saturated rings. The van der Waals surface area contributed by atoms with Gasteiger partial charge in [0, 0.05) is 18.5 Å². The minimum Gasteiger partial charge on any atom is -0.373 e. The van der Waals surface area contributed by atoms with Gasteiger partial charge < -0.3 is 10.1 Å². The molecule has 4 nitrogen and oxygen atoms in total. The number of halogens is 1. The van der Waals surface area contributed by atoms with Gasteiger partial charge in [-0.3, -0.25) is 0 Å². The fourth-order valence-electron chi connectivity index (χ4n) is 0.470. The molecule has 0 atom stereocenters. The van der Waals surface area contributed by atoms with Crippen molar-refractivity contribution in [3.63, 3.8) is 0 Å². The normalized spacial score (nSPS) is 9.93. The topological polar surface area (TPSA) is 54.9 Å². The fourth-order valence-corrected chi connectivity index (χ4v) is 0.617. The Morgan fingerprint density at radius 3 is 2.20 bits per heavy atom. The Labute approximate surface area is 95.1 Å². The van der Waals surface area contributed by atoms with Gasteiger partial charge in [-0.15, -0.1) is 0 Å². The van der Waals surface area contributed by atoms with E-state index in [1.54, 1.807) is 13.1 Å². The second-order valence-electron chi connectivity index (χ2n) is 3.96. The molecule has 1 aromatic rings. The number of hydrogen-bond acceptors (Lipinski definition) is 4. The number of nitrogens with one attached hydrogen (secondary N) is 1. The maximum absolute atomic E-state index is 9.83. The standard InChI is InChI=1S/C5H6ClN3.C5H10O/c1-7-5-2-4(6)8-3-9-5;1-5(2,3)4-6/h2-3H,1H3,(H,7,8,9);4H,1-3H3. The van der Waals surface area contributed by atoms with E-state index in [4.69, 9.17) is 11.6 Å². The van der Waals surface area contributed by atoms with Crippen molar-refractivity contribution in [2.24, 2.45) is 5.41 Å². The number of carbonyl (C=O) groups is 1. The molecule has 0 aliphatic carbocycles. The largest absolute Gasteiger partial charge is 0.373 e. The zero-order chi connectivity index (χ0) is 11.9. The van der Waals surface area contributed by atoms with Gasteiger partial charge in [-0.25, -0.2) is 9.97 Å². The third-order valence-corrected chi connectivity index (χ3v) is 1.45. The number of rotatable bonds is 1. The molecule has 0 aromatic carbocycles. The van der Waals surface area contributed by atoms with Crippen LogP contribution >= 0.6 is 11.6 Å². The molecule has 5 heteroatoms. The highest BCUT2D eigenvalue weighted by molar-refractivity contribution is 6.29. The van der Waals surface area contributed by atoms with E-state index < -0.39 is 0 Å². The van der Waals surface area contributed by atoms with Crippen LogP contribution in [-0.2, 0) is 4.79 Å². The predicted octanol–water partition coefficient (Wildman–Crippen LogP) is 2.40. The summed E-state index contributed by atoms with van der Waals surface area (Å²) in [7, 11) is 1.78. The molecule has 15 heavy (non-hydrogen) atoms. The molecule has 0 unspecified atom stereocenters. The van der Waals surface area contributed by atoms with Gasteiger partial charge in [0.1, 0.15) is 23.6 Å². The minimum atomic E-state index is -0.139. The zero-order valence-corrected chi connectivity index (χ0v) is 10.2. The predicted molar refractivity (Wildman–Crippen MR) is 62.1 cm³/mol. The highest BCUT2D eigenvalue weighted by atomic mass is 35.5. The summed E-state index contributed by atoms with van der Waals surface area (Å²) in [5, 5.41) is 3.29. The van der Waals surface area contributed by atoms with Gasteiger partial charge in [0.2, 0.25) is 0 Å². The third-order valence-electron chi connectivity index (χ3n) is 1.24. The summed E-state index contributed by atoms with van der Waals surface area (Å²) < 4.78 is 0. The Morgan fingerprint density at radius 2 is 1.93 bits per heavy atom. The van der Waals surface area contributed by atoms with Crippen LogP contribution in [0.5, 0.6) is 0 Å². The van der Waals surface area contributed by atoms with Gasteiger partial charge in [0.25, 0.3) is 0 Å². The molecule has 1 N–H and O–H groups in total. The molecule has 0 saturated carbocycles. The van der Waals surface area contributed by atoms with Crippen molar-refractivity contribution >= 4 is 23.7 Å². The van der Waals surface area contributed by atoms with Gasteiger partial charge in [-0.2, -0.15) is 0 Å². The van der Waals surface area contributed by atoms with Crippen molar-refractivity contribution in [3.05, 3.63) is 17.5 Å². The molecule has 1 heterocycles. The highest BCUT2D eigenvalue weighted by Crippen LogP contribution is 2.06. The van der Waals surface area contributed by atoms with Gasteiger partial charge in [-0.1, -0.05) is 32.4 Å². The Kier molecular flexibility index (Phi) is 5.86. The second-order valence-corrected chi connectivity index (χ2v) is 4.35. The molecule has 0 radical (unpaired) electrons. The molecule has 0 saturated heterocycles. The average molecular weight is 230 g/mol. The minimum absolute atomic E-state index is 0.139. The van der Waals surface area contributed by atoms with E-state index in [-0.39, 0.29) is 5.41 Å². The fraction of sp³-hybridized carbons (Fsp3) is 0.500. The van der Waals surface area contributed by atoms with Gasteiger partial charge in [0.05, 0.1) is 0 Å². The molecular formula is C10H16ClN3O. The summed E-state index contributed by atoms with van der Waals surface area (Å²) in [5.41, 5.74) is -0.139. The Balaban J connectivity index is 0.000000288. The Bertz CT molecular complexity index is 310. The summed E-state index contributed by atoms with van der Waals surface area (Å²) in [4.78, 5) is 17.4. The van der Waals surface area contributed by atoms with E-state index in [0.29, 0.717) is 5.15 Å². The van der Waals surface area contributed by atoms with E-state index in [9.17, 15) is 4.79 Å². The molecule has 0 aliphatic heterocycles. The maximum Gasteiger partial charge on any atom is 0.134 e. The van der Waals surface area contributed by atoms with Crippen LogP contribution < -0.4 is 5.32 Å². The van der Waals surface area contributed by atoms with Crippen molar-refractivity contribution in [2.75, 3.05) is 12.4 Å². The lowest BCUT2D eigenvalue weighted by molar-refractivity contribution is -0.113. The van der Waals surface area contributed by atoms with E-state index in [0.717, 1.165) is 12.1 Å². The number of nitrogens with zero attached hydrogens (tertiary/aromatic N) is 2. The summed E-state index contributed by atoms with van der Waals surface area (Å²) in [5.74, 6) is 0.731. The van der Waals surface area contributed by atoms with Gasteiger partial charge in [0.15, 0.2) is 0 Å². The number of aromatic nitrogens is 2. The van der Waals surface area contributed by atoms with E-state index in [1.165, 1.54) is 6.33 Å². The molecule has 1 rings (SSSR count). The Morgan fingerprint density at radius 1 is 1.40 bits per heavy atom. The van der Waals surface area contributed by atoms with E-state index in [2.05, 4.69) is 15.3 Å². The van der Waals surface area contributed by atoms with Crippen LogP contribution in [-0.4, -0.2) is 23.3 Å². The van der Waals surface area contributed by atoms with E-state index >= 15 is 0 Å². The summed E-state index contributed by atoms with van der Waals surface area (Å²) >= 11 is 5.53. The highest BCUT2D eigenvalue weighted by Gasteiger charge is 2.04. The lowest BCUT2D eigenvalue weighted by Gasteiger charge is -2.03. The third kappa shape index (κ3) is 7.88. The van der Waals surface area contributed by atoms with Crippen molar-refractivity contribution in [2.45, 2.75) is 20.8 Å². The maximum atomic E-state index is 9.83. The van der Waals surface area contributed by atoms with Crippen molar-refractivity contribution in [1.29, 1.82) is 0 Å². The average Bonchev–Trinajstić information content (AvgIpc) is 2.18. The molecule has 0 bridgehead atoms. The summed E-state index contributed by atoms with van der Waals surface area (Å²) in [6.45, 7) is 5.62. The van der Waals surface area contributed by atoms with Crippen LogP contribution in [0.1, 0.15) is 20.8 Å². The van der Waals surface area contributed by atoms with Crippen LogP contribution in [0.2, 0.25) is 5.15 Å². The first kappa shape index (κ1) is 13.8. The molecule has 84 valence electrons. The lowest BCUT2D eigenvalue weighted by Crippen LogP contribution is -2.04. The lowest BCUT2D eigenvalue weighted by atomic mass is 10.0. The SMILES string of the molecule is CC(C)(C)C=O.CNc1cc(Cl)ncn1. The van der Waals surface area contributed by atoms with Gasteiger partial charge in [-0.05, 0) is 0 Å². The number of anilines is 1. The molecule has 0 spiro atoms.